The quantitative estimate of drug-likeness (QED) is 0.721. The Morgan fingerprint density at radius 1 is 1.41 bits per heavy atom. The highest BCUT2D eigenvalue weighted by Crippen LogP contribution is 2.28. The van der Waals surface area contributed by atoms with Gasteiger partial charge in [0.05, 0.1) is 0 Å². The van der Waals surface area contributed by atoms with Crippen LogP contribution in [-0.2, 0) is 0 Å². The largest absolute Gasteiger partial charge is 0.505 e. The summed E-state index contributed by atoms with van der Waals surface area (Å²) >= 11 is 0. The Bertz CT molecular complexity index is 437. The summed E-state index contributed by atoms with van der Waals surface area (Å²) < 4.78 is 0. The molecule has 5 nitrogen and oxygen atoms in total. The normalized spacial score (nSPS) is 27.2. The second-order valence-electron chi connectivity index (χ2n) is 4.76. The van der Waals surface area contributed by atoms with Crippen LogP contribution in [0.25, 0.3) is 0 Å². The first kappa shape index (κ1) is 10.5. The second-order valence-corrected chi connectivity index (χ2v) is 4.76. The van der Waals surface area contributed by atoms with E-state index in [2.05, 4.69) is 10.3 Å². The molecule has 1 aromatic heterocycles. The molecular weight excluding hydrogens is 218 g/mol. The molecule has 0 aromatic carbocycles. The summed E-state index contributed by atoms with van der Waals surface area (Å²) in [5.41, 5.74) is 0.167. The van der Waals surface area contributed by atoms with E-state index in [0.29, 0.717) is 11.8 Å². The molecule has 2 aliphatic heterocycles. The molecule has 1 amide bonds. The number of aromatic nitrogens is 1. The van der Waals surface area contributed by atoms with Crippen LogP contribution in [0.3, 0.4) is 0 Å². The van der Waals surface area contributed by atoms with Gasteiger partial charge in [-0.3, -0.25) is 4.79 Å². The number of hydrogen-bond donors (Lipinski definition) is 2. The lowest BCUT2D eigenvalue weighted by molar-refractivity contribution is 0.0772. The number of carbonyl (C=O) groups excluding carboxylic acids is 1. The molecule has 3 heterocycles. The minimum Gasteiger partial charge on any atom is -0.505 e. The predicted octanol–water partition coefficient (Wildman–Crippen LogP) is 0.0786. The summed E-state index contributed by atoms with van der Waals surface area (Å²) in [5, 5.41) is 13.0. The summed E-state index contributed by atoms with van der Waals surface area (Å²) in [7, 11) is 0. The van der Waals surface area contributed by atoms with Gasteiger partial charge in [-0.25, -0.2) is 4.98 Å². The van der Waals surface area contributed by atoms with Gasteiger partial charge in [-0.15, -0.1) is 0 Å². The minimum atomic E-state index is -0.155. The van der Waals surface area contributed by atoms with Crippen LogP contribution in [0.5, 0.6) is 5.75 Å². The van der Waals surface area contributed by atoms with E-state index in [1.54, 1.807) is 11.0 Å². The Balaban J connectivity index is 1.78. The van der Waals surface area contributed by atoms with Crippen molar-refractivity contribution in [1.82, 2.24) is 15.2 Å². The lowest BCUT2D eigenvalue weighted by atomic mass is 10.0. The third kappa shape index (κ3) is 1.76. The molecule has 2 unspecified atom stereocenters. The molecule has 17 heavy (non-hydrogen) atoms. The van der Waals surface area contributed by atoms with Gasteiger partial charge in [0.15, 0.2) is 5.69 Å². The molecule has 0 bridgehead atoms. The van der Waals surface area contributed by atoms with E-state index in [-0.39, 0.29) is 17.4 Å². The van der Waals surface area contributed by atoms with Crippen LogP contribution in [0, 0.1) is 11.8 Å². The van der Waals surface area contributed by atoms with E-state index in [4.69, 9.17) is 0 Å². The molecule has 2 saturated heterocycles. The van der Waals surface area contributed by atoms with Gasteiger partial charge >= 0.3 is 0 Å². The fraction of sp³-hybridized carbons (Fsp3) is 0.500. The van der Waals surface area contributed by atoms with Gasteiger partial charge in [0.25, 0.3) is 5.91 Å². The number of nitrogens with one attached hydrogen (secondary N) is 1. The fourth-order valence-corrected chi connectivity index (χ4v) is 2.73. The molecule has 5 heteroatoms. The SMILES string of the molecule is O=C(c1ncccc1O)N1CC2CNCC2C1. The Kier molecular flexibility index (Phi) is 2.48. The third-order valence-corrected chi connectivity index (χ3v) is 3.67. The van der Waals surface area contributed by atoms with E-state index in [0.717, 1.165) is 26.2 Å². The molecular formula is C12H15N3O2. The maximum atomic E-state index is 12.2. The van der Waals surface area contributed by atoms with Crippen LogP contribution in [0.1, 0.15) is 10.5 Å². The summed E-state index contributed by atoms with van der Waals surface area (Å²) in [5.74, 6) is 0.930. The van der Waals surface area contributed by atoms with Crippen molar-refractivity contribution in [1.29, 1.82) is 0 Å². The van der Waals surface area contributed by atoms with Crippen LogP contribution in [0.4, 0.5) is 0 Å². The number of nitrogens with zero attached hydrogens (tertiary/aromatic N) is 2. The van der Waals surface area contributed by atoms with Crippen LogP contribution < -0.4 is 5.32 Å². The van der Waals surface area contributed by atoms with E-state index in [1.165, 1.54) is 12.3 Å². The van der Waals surface area contributed by atoms with Gasteiger partial charge in [-0.05, 0) is 24.0 Å². The standard InChI is InChI=1S/C12H15N3O2/c16-10-2-1-3-14-11(10)12(17)15-6-8-4-13-5-9(8)7-15/h1-3,8-9,13,16H,4-7H2. The van der Waals surface area contributed by atoms with Crippen LogP contribution >= 0.6 is 0 Å². The Morgan fingerprint density at radius 3 is 2.76 bits per heavy atom. The zero-order chi connectivity index (χ0) is 11.8. The molecule has 2 atom stereocenters. The maximum Gasteiger partial charge on any atom is 0.276 e. The first-order valence-corrected chi connectivity index (χ1v) is 5.89. The number of hydrogen-bond acceptors (Lipinski definition) is 4. The zero-order valence-corrected chi connectivity index (χ0v) is 9.47. The van der Waals surface area contributed by atoms with Crippen molar-refractivity contribution in [3.63, 3.8) is 0 Å². The molecule has 3 rings (SSSR count). The van der Waals surface area contributed by atoms with Crippen molar-refractivity contribution < 1.29 is 9.90 Å². The van der Waals surface area contributed by atoms with Crippen molar-refractivity contribution in [2.45, 2.75) is 0 Å². The first-order chi connectivity index (χ1) is 8.25. The van der Waals surface area contributed by atoms with Crippen LogP contribution in [0.2, 0.25) is 0 Å². The molecule has 2 aliphatic rings. The zero-order valence-electron chi connectivity index (χ0n) is 9.47. The topological polar surface area (TPSA) is 65.5 Å². The van der Waals surface area contributed by atoms with Gasteiger partial charge in [0.1, 0.15) is 5.75 Å². The van der Waals surface area contributed by atoms with E-state index < -0.39 is 0 Å². The lowest BCUT2D eigenvalue weighted by Crippen LogP contribution is -2.32. The maximum absolute atomic E-state index is 12.2. The Morgan fingerprint density at radius 2 is 2.12 bits per heavy atom. The molecule has 2 fully saturated rings. The third-order valence-electron chi connectivity index (χ3n) is 3.67. The summed E-state index contributed by atoms with van der Waals surface area (Å²) in [6.45, 7) is 3.52. The Hall–Kier alpha value is -1.62. The monoisotopic (exact) mass is 233 g/mol. The van der Waals surface area contributed by atoms with E-state index in [9.17, 15) is 9.90 Å². The van der Waals surface area contributed by atoms with Crippen LogP contribution in [0.15, 0.2) is 18.3 Å². The summed E-state index contributed by atoms with van der Waals surface area (Å²) in [4.78, 5) is 17.9. The van der Waals surface area contributed by atoms with Crippen molar-refractivity contribution in [2.75, 3.05) is 26.2 Å². The van der Waals surface area contributed by atoms with Gasteiger partial charge < -0.3 is 15.3 Å². The number of fused-ring (bicyclic) bond motifs is 1. The van der Waals surface area contributed by atoms with Gasteiger partial charge in [0, 0.05) is 32.4 Å². The van der Waals surface area contributed by atoms with Crippen LogP contribution in [-0.4, -0.2) is 47.1 Å². The Labute approximate surface area is 99.5 Å². The summed E-state index contributed by atoms with van der Waals surface area (Å²) in [6.07, 6.45) is 1.53. The molecule has 0 saturated carbocycles. The average Bonchev–Trinajstić information content (AvgIpc) is 2.88. The summed E-state index contributed by atoms with van der Waals surface area (Å²) in [6, 6.07) is 3.12. The average molecular weight is 233 g/mol. The highest BCUT2D eigenvalue weighted by atomic mass is 16.3. The second kappa shape index (κ2) is 4.00. The lowest BCUT2D eigenvalue weighted by Gasteiger charge is -2.17. The number of amides is 1. The van der Waals surface area contributed by atoms with Gasteiger partial charge in [-0.2, -0.15) is 0 Å². The van der Waals surface area contributed by atoms with E-state index >= 15 is 0 Å². The molecule has 0 spiro atoms. The first-order valence-electron chi connectivity index (χ1n) is 5.89. The molecule has 0 aliphatic carbocycles. The molecule has 2 N–H and O–H groups in total. The number of pyridine rings is 1. The molecule has 90 valence electrons. The van der Waals surface area contributed by atoms with Crippen molar-refractivity contribution in [2.24, 2.45) is 11.8 Å². The number of rotatable bonds is 1. The number of likely N-dealkylation sites (tertiary alicyclic amines) is 1. The van der Waals surface area contributed by atoms with E-state index in [1.807, 2.05) is 0 Å². The van der Waals surface area contributed by atoms with Crippen molar-refractivity contribution in [3.8, 4) is 5.75 Å². The van der Waals surface area contributed by atoms with Gasteiger partial charge in [0.2, 0.25) is 0 Å². The fourth-order valence-electron chi connectivity index (χ4n) is 2.73. The molecule has 1 aromatic rings. The number of aromatic hydroxyl groups is 1. The molecule has 0 radical (unpaired) electrons. The van der Waals surface area contributed by atoms with Crippen molar-refractivity contribution in [3.05, 3.63) is 24.0 Å². The minimum absolute atomic E-state index is 0.0346. The van der Waals surface area contributed by atoms with Crippen molar-refractivity contribution >= 4 is 5.91 Å². The highest BCUT2D eigenvalue weighted by Gasteiger charge is 2.38. The predicted molar refractivity (Wildman–Crippen MR) is 61.7 cm³/mol. The van der Waals surface area contributed by atoms with Gasteiger partial charge in [-0.1, -0.05) is 0 Å². The smallest absolute Gasteiger partial charge is 0.276 e. The highest BCUT2D eigenvalue weighted by molar-refractivity contribution is 5.95. The number of carbonyl (C=O) groups is 1.